The fourth-order valence-electron chi connectivity index (χ4n) is 5.10. The Morgan fingerprint density at radius 2 is 1.79 bits per heavy atom. The lowest BCUT2D eigenvalue weighted by molar-refractivity contribution is -0.140. The first-order chi connectivity index (χ1) is 18.3. The van der Waals surface area contributed by atoms with Gasteiger partial charge in [0.25, 0.3) is 11.7 Å². The van der Waals surface area contributed by atoms with Gasteiger partial charge in [0.1, 0.15) is 17.1 Å². The van der Waals surface area contributed by atoms with Crippen molar-refractivity contribution in [3.8, 4) is 5.75 Å². The minimum absolute atomic E-state index is 0.0734. The van der Waals surface area contributed by atoms with Crippen LogP contribution in [0.1, 0.15) is 62.2 Å². The summed E-state index contributed by atoms with van der Waals surface area (Å²) >= 11 is 0. The Morgan fingerprint density at radius 3 is 2.42 bits per heavy atom. The van der Waals surface area contributed by atoms with E-state index in [-0.39, 0.29) is 11.3 Å². The maximum absolute atomic E-state index is 13.4. The van der Waals surface area contributed by atoms with Gasteiger partial charge in [-0.05, 0) is 75.6 Å². The monoisotopic (exact) mass is 518 g/mol. The average Bonchev–Trinajstić information content (AvgIpc) is 3.40. The highest BCUT2D eigenvalue weighted by Gasteiger charge is 2.46. The first-order valence-corrected chi connectivity index (χ1v) is 13.5. The van der Waals surface area contributed by atoms with Gasteiger partial charge < -0.3 is 24.0 Å². The molecule has 0 bridgehead atoms. The number of aryl methyl sites for hydroxylation is 2. The summed E-state index contributed by atoms with van der Waals surface area (Å²) in [6, 6.07) is 10.6. The summed E-state index contributed by atoms with van der Waals surface area (Å²) in [6.07, 6.45) is 3.49. The van der Waals surface area contributed by atoms with Crippen molar-refractivity contribution in [2.75, 3.05) is 32.8 Å². The van der Waals surface area contributed by atoms with Crippen LogP contribution in [0.15, 0.2) is 48.2 Å². The van der Waals surface area contributed by atoms with Gasteiger partial charge in [-0.2, -0.15) is 0 Å². The number of aliphatic hydroxyl groups is 1. The van der Waals surface area contributed by atoms with Crippen molar-refractivity contribution < 1.29 is 19.4 Å². The van der Waals surface area contributed by atoms with Gasteiger partial charge in [-0.1, -0.05) is 39.0 Å². The number of amides is 1. The van der Waals surface area contributed by atoms with E-state index in [2.05, 4.69) is 23.7 Å². The summed E-state index contributed by atoms with van der Waals surface area (Å²) in [4.78, 5) is 35.3. The Hall–Kier alpha value is -3.65. The van der Waals surface area contributed by atoms with Crippen LogP contribution in [0.2, 0.25) is 0 Å². The van der Waals surface area contributed by atoms with Crippen LogP contribution in [0, 0.1) is 13.8 Å². The Morgan fingerprint density at radius 1 is 1.08 bits per heavy atom. The van der Waals surface area contributed by atoms with Crippen molar-refractivity contribution in [2.24, 2.45) is 0 Å². The van der Waals surface area contributed by atoms with Crippen molar-refractivity contribution in [1.29, 1.82) is 0 Å². The molecule has 8 nitrogen and oxygen atoms in total. The number of rotatable bonds is 11. The van der Waals surface area contributed by atoms with Crippen LogP contribution in [0.4, 0.5) is 0 Å². The highest BCUT2D eigenvalue weighted by molar-refractivity contribution is 6.46. The fraction of sp³-hybridized carbons (Fsp3) is 0.433. The number of ether oxygens (including phenoxy) is 1. The summed E-state index contributed by atoms with van der Waals surface area (Å²) in [5.41, 5.74) is 3.49. The number of pyridine rings is 1. The second kappa shape index (κ2) is 11.8. The molecule has 1 amide bonds. The highest BCUT2D eigenvalue weighted by Crippen LogP contribution is 2.40. The van der Waals surface area contributed by atoms with E-state index < -0.39 is 17.7 Å². The number of ketones is 1. The lowest BCUT2D eigenvalue weighted by Gasteiger charge is -2.26. The number of imidazole rings is 1. The molecule has 1 unspecified atom stereocenters. The second-order valence-corrected chi connectivity index (χ2v) is 9.72. The summed E-state index contributed by atoms with van der Waals surface area (Å²) in [5.74, 6) is -0.804. The minimum Gasteiger partial charge on any atom is -0.505 e. The van der Waals surface area contributed by atoms with Crippen molar-refractivity contribution in [2.45, 2.75) is 53.5 Å². The van der Waals surface area contributed by atoms with E-state index in [4.69, 9.17) is 4.74 Å². The molecule has 0 aliphatic carbocycles. The molecule has 3 aromatic rings. The predicted octanol–water partition coefficient (Wildman–Crippen LogP) is 4.89. The van der Waals surface area contributed by atoms with Gasteiger partial charge >= 0.3 is 0 Å². The molecule has 1 fully saturated rings. The van der Waals surface area contributed by atoms with Crippen molar-refractivity contribution >= 4 is 23.1 Å². The number of Topliss-reactive ketones (excluding diaryl/α,β-unsaturated/α-hetero) is 1. The van der Waals surface area contributed by atoms with Crippen LogP contribution in [0.3, 0.4) is 0 Å². The standard InChI is InChI=1S/C30H38N4O4/c1-6-19-38-23-14-12-22(13-15-23)26-24(28(36)30(37)34(26)18-10-16-32(7-2)8-3)27(35)25-21(5)33-17-9-11-20(4)29(33)31-25/h9,11-15,17,26,35H,6-8,10,16,18-19H2,1-5H3/b27-24+. The number of hydrogen-bond donors (Lipinski definition) is 1. The zero-order valence-corrected chi connectivity index (χ0v) is 23.0. The first kappa shape index (κ1) is 27.4. The largest absolute Gasteiger partial charge is 0.505 e. The van der Waals surface area contributed by atoms with E-state index in [0.29, 0.717) is 30.2 Å². The van der Waals surface area contributed by atoms with Crippen molar-refractivity contribution in [1.82, 2.24) is 19.2 Å². The van der Waals surface area contributed by atoms with Gasteiger partial charge in [-0.15, -0.1) is 0 Å². The molecule has 1 atom stereocenters. The fourth-order valence-corrected chi connectivity index (χ4v) is 5.10. The molecule has 0 saturated carbocycles. The van der Waals surface area contributed by atoms with E-state index in [0.717, 1.165) is 49.4 Å². The number of nitrogens with zero attached hydrogens (tertiary/aromatic N) is 4. The quantitative estimate of drug-likeness (QED) is 0.221. The highest BCUT2D eigenvalue weighted by atomic mass is 16.5. The van der Waals surface area contributed by atoms with E-state index in [1.54, 1.807) is 4.90 Å². The lowest BCUT2D eigenvalue weighted by atomic mass is 9.96. The van der Waals surface area contributed by atoms with Crippen LogP contribution in [-0.2, 0) is 9.59 Å². The van der Waals surface area contributed by atoms with Crippen LogP contribution >= 0.6 is 0 Å². The number of hydrogen-bond acceptors (Lipinski definition) is 6. The summed E-state index contributed by atoms with van der Waals surface area (Å²) in [5, 5.41) is 11.6. The molecule has 1 aliphatic heterocycles. The molecular weight excluding hydrogens is 480 g/mol. The van der Waals surface area contributed by atoms with Crippen LogP contribution in [-0.4, -0.2) is 68.8 Å². The number of carbonyl (C=O) groups excluding carboxylic acids is 2. The van der Waals surface area contributed by atoms with E-state index in [9.17, 15) is 14.7 Å². The van der Waals surface area contributed by atoms with E-state index in [1.165, 1.54) is 0 Å². The number of aromatic nitrogens is 2. The lowest BCUT2D eigenvalue weighted by Crippen LogP contribution is -2.33. The maximum atomic E-state index is 13.4. The molecule has 202 valence electrons. The third kappa shape index (κ3) is 5.18. The summed E-state index contributed by atoms with van der Waals surface area (Å²) in [7, 11) is 0. The minimum atomic E-state index is -0.711. The average molecular weight is 519 g/mol. The van der Waals surface area contributed by atoms with Crippen molar-refractivity contribution in [3.05, 3.63) is 70.7 Å². The molecule has 38 heavy (non-hydrogen) atoms. The zero-order chi connectivity index (χ0) is 27.4. The van der Waals surface area contributed by atoms with Crippen LogP contribution in [0.25, 0.3) is 11.4 Å². The molecular formula is C30H38N4O4. The molecule has 8 heteroatoms. The number of benzene rings is 1. The van der Waals surface area contributed by atoms with E-state index in [1.807, 2.05) is 67.8 Å². The van der Waals surface area contributed by atoms with Crippen LogP contribution in [0.5, 0.6) is 5.75 Å². The second-order valence-electron chi connectivity index (χ2n) is 9.72. The Labute approximate surface area is 224 Å². The van der Waals surface area contributed by atoms with Crippen molar-refractivity contribution in [3.63, 3.8) is 0 Å². The molecule has 1 aliphatic rings. The smallest absolute Gasteiger partial charge is 0.295 e. The molecule has 1 saturated heterocycles. The summed E-state index contributed by atoms with van der Waals surface area (Å²) in [6.45, 7) is 13.7. The Kier molecular flexibility index (Phi) is 8.52. The molecule has 0 spiro atoms. The number of carbonyl (C=O) groups is 2. The molecule has 2 aromatic heterocycles. The van der Waals surface area contributed by atoms with Gasteiger partial charge in [0, 0.05) is 12.7 Å². The van der Waals surface area contributed by atoms with Crippen LogP contribution < -0.4 is 4.74 Å². The molecule has 4 rings (SSSR count). The van der Waals surface area contributed by atoms with Gasteiger partial charge in [-0.3, -0.25) is 9.59 Å². The predicted molar refractivity (Wildman–Crippen MR) is 148 cm³/mol. The molecule has 3 heterocycles. The Balaban J connectivity index is 1.78. The normalized spacial score (nSPS) is 17.2. The third-order valence-electron chi connectivity index (χ3n) is 7.28. The van der Waals surface area contributed by atoms with Gasteiger partial charge in [0.2, 0.25) is 0 Å². The number of fused-ring (bicyclic) bond motifs is 1. The van der Waals surface area contributed by atoms with Gasteiger partial charge in [0.05, 0.1) is 23.9 Å². The maximum Gasteiger partial charge on any atom is 0.295 e. The summed E-state index contributed by atoms with van der Waals surface area (Å²) < 4.78 is 7.62. The zero-order valence-electron chi connectivity index (χ0n) is 23.0. The topological polar surface area (TPSA) is 87.4 Å². The third-order valence-corrected chi connectivity index (χ3v) is 7.28. The molecule has 0 radical (unpaired) electrons. The van der Waals surface area contributed by atoms with Gasteiger partial charge in [0.15, 0.2) is 5.76 Å². The van der Waals surface area contributed by atoms with Gasteiger partial charge in [-0.25, -0.2) is 4.98 Å². The Bertz CT molecular complexity index is 1340. The molecule has 1 N–H and O–H groups in total. The molecule has 1 aromatic carbocycles. The first-order valence-electron chi connectivity index (χ1n) is 13.5. The SMILES string of the molecule is CCCOc1ccc(C2/C(=C(\O)c3nc4c(C)cccn4c3C)C(=O)C(=O)N2CCCN(CC)CC)cc1. The van der Waals surface area contributed by atoms with E-state index >= 15 is 0 Å². The number of aliphatic hydroxyl groups excluding tert-OH is 1. The number of likely N-dealkylation sites (tertiary alicyclic amines) is 1.